The summed E-state index contributed by atoms with van der Waals surface area (Å²) in [5.74, 6) is -0.242. The predicted molar refractivity (Wildman–Crippen MR) is 306 cm³/mol. The fourth-order valence-electron chi connectivity index (χ4n) is 7.76. The van der Waals surface area contributed by atoms with Gasteiger partial charge in [-0.2, -0.15) is 0 Å². The molecule has 0 aliphatic carbocycles. The van der Waals surface area contributed by atoms with Gasteiger partial charge in [0.25, 0.3) is 7.82 Å². The topological polar surface area (TPSA) is 108 Å². The lowest BCUT2D eigenvalue weighted by Gasteiger charge is -2.29. The van der Waals surface area contributed by atoms with Crippen molar-refractivity contribution in [3.8, 4) is 0 Å². The molecule has 0 heterocycles. The van der Waals surface area contributed by atoms with Gasteiger partial charge in [-0.15, -0.1) is 0 Å². The molecule has 3 unspecified atom stereocenters. The first-order chi connectivity index (χ1) is 34.5. The van der Waals surface area contributed by atoms with E-state index in [-0.39, 0.29) is 18.9 Å². The summed E-state index contributed by atoms with van der Waals surface area (Å²) < 4.78 is 23.3. The molecule has 0 bridgehead atoms. The Labute approximate surface area is 438 Å². The summed E-state index contributed by atoms with van der Waals surface area (Å²) in [6.45, 7) is 4.50. The van der Waals surface area contributed by atoms with Crippen LogP contribution in [0.5, 0.6) is 0 Å². The van der Waals surface area contributed by atoms with Crippen LogP contribution in [0.25, 0.3) is 0 Å². The lowest BCUT2D eigenvalue weighted by atomic mass is 10.0. The van der Waals surface area contributed by atoms with E-state index in [1.54, 1.807) is 6.08 Å². The molecule has 2 N–H and O–H groups in total. The van der Waals surface area contributed by atoms with Gasteiger partial charge in [-0.3, -0.25) is 9.36 Å². The first-order valence-electron chi connectivity index (χ1n) is 28.7. The van der Waals surface area contributed by atoms with Crippen LogP contribution in [0.3, 0.4) is 0 Å². The molecule has 0 saturated heterocycles. The van der Waals surface area contributed by atoms with Crippen LogP contribution in [0.15, 0.2) is 109 Å². The maximum absolute atomic E-state index is 13.0. The Hall–Kier alpha value is -2.84. The molecule has 0 aromatic heterocycles. The van der Waals surface area contributed by atoms with Gasteiger partial charge in [0.05, 0.1) is 39.9 Å². The highest BCUT2D eigenvalue weighted by molar-refractivity contribution is 7.45. The highest BCUT2D eigenvalue weighted by Crippen LogP contribution is 2.38. The minimum absolute atomic E-state index is 0.0156. The number of rotatable bonds is 51. The van der Waals surface area contributed by atoms with Crippen LogP contribution < -0.4 is 10.2 Å². The Balaban J connectivity index is 4.37. The number of phosphoric acid groups is 1. The first-order valence-corrected chi connectivity index (χ1v) is 30.2. The number of amides is 1. The lowest BCUT2D eigenvalue weighted by molar-refractivity contribution is -0.870. The minimum Gasteiger partial charge on any atom is -0.756 e. The molecule has 0 spiro atoms. The Kier molecular flexibility index (Phi) is 50.0. The van der Waals surface area contributed by atoms with Crippen molar-refractivity contribution in [3.05, 3.63) is 109 Å². The molecule has 71 heavy (non-hydrogen) atoms. The molecule has 408 valence electrons. The maximum Gasteiger partial charge on any atom is 0.268 e. The number of hydrogen-bond donors (Lipinski definition) is 2. The van der Waals surface area contributed by atoms with Gasteiger partial charge in [-0.05, 0) is 83.5 Å². The van der Waals surface area contributed by atoms with Crippen LogP contribution >= 0.6 is 7.82 Å². The molecule has 3 atom stereocenters. The number of quaternary nitrogens is 1. The van der Waals surface area contributed by atoms with Crippen molar-refractivity contribution in [1.29, 1.82) is 0 Å². The van der Waals surface area contributed by atoms with E-state index in [0.717, 1.165) is 83.5 Å². The number of aliphatic hydroxyl groups excluding tert-OH is 1. The zero-order valence-electron chi connectivity index (χ0n) is 46.4. The summed E-state index contributed by atoms with van der Waals surface area (Å²) >= 11 is 0. The Morgan fingerprint density at radius 2 is 0.859 bits per heavy atom. The van der Waals surface area contributed by atoms with Crippen LogP contribution in [0.4, 0.5) is 0 Å². The number of allylic oxidation sites excluding steroid dienone is 17. The largest absolute Gasteiger partial charge is 0.756 e. The summed E-state index contributed by atoms with van der Waals surface area (Å²) in [6, 6.07) is -0.919. The number of nitrogens with zero attached hydrogens (tertiary/aromatic N) is 1. The van der Waals surface area contributed by atoms with Gasteiger partial charge < -0.3 is 28.8 Å². The molecule has 0 fully saturated rings. The van der Waals surface area contributed by atoms with Crippen LogP contribution in [0.1, 0.15) is 226 Å². The smallest absolute Gasteiger partial charge is 0.268 e. The average molecular weight is 1010 g/mol. The normalized spacial score (nSPS) is 14.7. The second-order valence-corrected chi connectivity index (χ2v) is 21.7. The third-order valence-corrected chi connectivity index (χ3v) is 13.2. The van der Waals surface area contributed by atoms with Crippen LogP contribution in [-0.2, 0) is 18.4 Å². The summed E-state index contributed by atoms with van der Waals surface area (Å²) in [5.41, 5.74) is 0. The van der Waals surface area contributed by atoms with Gasteiger partial charge in [0.2, 0.25) is 5.91 Å². The summed E-state index contributed by atoms with van der Waals surface area (Å²) in [5, 5.41) is 13.9. The molecule has 0 rings (SSSR count). The standard InChI is InChI=1S/C62H109N2O6P/c1-6-8-10-12-14-16-18-20-22-24-26-28-30-31-32-33-34-36-38-40-42-44-46-48-50-52-54-56-62(66)63-60(59-70-71(67,68)69-58-57-64(3,4)5)61(65)55-53-51-49-47-45-43-41-39-37-35-29-27-25-23-21-19-17-15-13-11-9-7-2/h8,10,14,16,20,22,26,28,31-32,34,36,40,42,46,48,53,55,60-61,65H,6-7,9,11-13,15,17-19,21,23-25,27,29-30,33,35,37-39,41,43-45,47,49-52,54,56-59H2,1-5H3,(H-,63,66,67,68)/b10-8-,16-14-,22-20-,28-26-,32-31-,36-34-,42-40-,48-46-,55-53+. The van der Waals surface area contributed by atoms with E-state index in [2.05, 4.69) is 116 Å². The molecule has 9 heteroatoms. The molecule has 0 aliphatic rings. The van der Waals surface area contributed by atoms with E-state index in [1.807, 2.05) is 27.2 Å². The Morgan fingerprint density at radius 3 is 1.25 bits per heavy atom. The van der Waals surface area contributed by atoms with Crippen molar-refractivity contribution in [2.24, 2.45) is 0 Å². The van der Waals surface area contributed by atoms with Crippen molar-refractivity contribution in [3.63, 3.8) is 0 Å². The second kappa shape index (κ2) is 52.0. The summed E-state index contributed by atoms with van der Waals surface area (Å²) in [6.07, 6.45) is 75.9. The van der Waals surface area contributed by atoms with Crippen molar-refractivity contribution >= 4 is 13.7 Å². The van der Waals surface area contributed by atoms with E-state index in [1.165, 1.54) is 116 Å². The van der Waals surface area contributed by atoms with Gasteiger partial charge in [-0.25, -0.2) is 0 Å². The number of phosphoric ester groups is 1. The van der Waals surface area contributed by atoms with E-state index in [4.69, 9.17) is 9.05 Å². The van der Waals surface area contributed by atoms with E-state index >= 15 is 0 Å². The zero-order valence-corrected chi connectivity index (χ0v) is 47.3. The second-order valence-electron chi connectivity index (χ2n) is 20.3. The lowest BCUT2D eigenvalue weighted by Crippen LogP contribution is -2.45. The van der Waals surface area contributed by atoms with Crippen molar-refractivity contribution in [1.82, 2.24) is 5.32 Å². The van der Waals surface area contributed by atoms with E-state index < -0.39 is 26.6 Å². The highest BCUT2D eigenvalue weighted by Gasteiger charge is 2.23. The molecule has 1 amide bonds. The quantitative estimate of drug-likeness (QED) is 0.0272. The molecule has 8 nitrogen and oxygen atoms in total. The van der Waals surface area contributed by atoms with Gasteiger partial charge in [0.15, 0.2) is 0 Å². The number of carbonyl (C=O) groups excluding carboxylic acids is 1. The number of unbranched alkanes of at least 4 members (excludes halogenated alkanes) is 22. The van der Waals surface area contributed by atoms with Crippen LogP contribution in [0.2, 0.25) is 0 Å². The molecule has 0 aliphatic heterocycles. The first kappa shape index (κ1) is 68.2. The van der Waals surface area contributed by atoms with Crippen molar-refractivity contribution < 1.29 is 32.9 Å². The summed E-state index contributed by atoms with van der Waals surface area (Å²) in [7, 11) is 1.22. The predicted octanol–water partition coefficient (Wildman–Crippen LogP) is 17.0. The number of hydrogen-bond acceptors (Lipinski definition) is 6. The minimum atomic E-state index is -4.62. The molecular weight excluding hydrogens is 900 g/mol. The third kappa shape index (κ3) is 54.8. The fourth-order valence-corrected chi connectivity index (χ4v) is 8.48. The monoisotopic (exact) mass is 1010 g/mol. The Bertz CT molecular complexity index is 1520. The molecule has 0 radical (unpaired) electrons. The van der Waals surface area contributed by atoms with Crippen LogP contribution in [0, 0.1) is 0 Å². The van der Waals surface area contributed by atoms with Gasteiger partial charge in [0.1, 0.15) is 13.2 Å². The average Bonchev–Trinajstić information content (AvgIpc) is 3.33. The number of carbonyl (C=O) groups is 1. The van der Waals surface area contributed by atoms with Gasteiger partial charge in [-0.1, -0.05) is 245 Å². The van der Waals surface area contributed by atoms with Crippen molar-refractivity contribution in [2.75, 3.05) is 40.9 Å². The molecule has 0 saturated carbocycles. The number of likely N-dealkylation sites (N-methyl/N-ethyl adjacent to an activating group) is 1. The van der Waals surface area contributed by atoms with E-state index in [9.17, 15) is 19.4 Å². The molecule has 0 aromatic carbocycles. The molecule has 0 aromatic rings. The van der Waals surface area contributed by atoms with E-state index in [0.29, 0.717) is 17.4 Å². The molecular formula is C62H109N2O6P. The van der Waals surface area contributed by atoms with Crippen molar-refractivity contribution in [2.45, 2.75) is 238 Å². The van der Waals surface area contributed by atoms with Gasteiger partial charge >= 0.3 is 0 Å². The number of nitrogens with one attached hydrogen (secondary N) is 1. The third-order valence-electron chi connectivity index (χ3n) is 12.2. The maximum atomic E-state index is 13.0. The SMILES string of the molecule is CC/C=C\C/C=C\C/C=C\C/C=C\C/C=C\C/C=C\C/C=C\C/C=C\CCCCC(=O)NC(COP(=O)([O-])OCC[N+](C)(C)C)C(O)/C=C/CCCCCCCCCCCCCCCCCCCCCC. The fraction of sp³-hybridized carbons (Fsp3) is 0.694. The zero-order chi connectivity index (χ0) is 52.0. The Morgan fingerprint density at radius 1 is 0.507 bits per heavy atom. The summed E-state index contributed by atoms with van der Waals surface area (Å²) in [4.78, 5) is 25.5. The highest BCUT2D eigenvalue weighted by atomic mass is 31.2. The van der Waals surface area contributed by atoms with Crippen LogP contribution in [-0.4, -0.2) is 68.5 Å². The number of aliphatic hydroxyl groups is 1. The van der Waals surface area contributed by atoms with Gasteiger partial charge in [0, 0.05) is 6.42 Å².